The highest BCUT2D eigenvalue weighted by Gasteiger charge is 2.33. The van der Waals surface area contributed by atoms with Crippen molar-refractivity contribution in [2.75, 3.05) is 18.0 Å². The third-order valence-electron chi connectivity index (χ3n) is 6.55. The van der Waals surface area contributed by atoms with E-state index in [-0.39, 0.29) is 23.8 Å². The minimum Gasteiger partial charge on any atom is -0.356 e. The van der Waals surface area contributed by atoms with Crippen molar-refractivity contribution < 1.29 is 9.18 Å². The van der Waals surface area contributed by atoms with Crippen molar-refractivity contribution in [3.63, 3.8) is 0 Å². The largest absolute Gasteiger partial charge is 0.356 e. The van der Waals surface area contributed by atoms with Crippen LogP contribution in [0.3, 0.4) is 0 Å². The van der Waals surface area contributed by atoms with Crippen LogP contribution < -0.4 is 10.5 Å². The van der Waals surface area contributed by atoms with E-state index >= 15 is 0 Å². The molecule has 1 amide bonds. The molecule has 0 saturated carbocycles. The van der Waals surface area contributed by atoms with Gasteiger partial charge in [0.15, 0.2) is 0 Å². The molecule has 0 aliphatic carbocycles. The number of hydrogen-bond donors (Lipinski definition) is 0. The van der Waals surface area contributed by atoms with Gasteiger partial charge in [0.05, 0.1) is 17.0 Å². The third-order valence-corrected chi connectivity index (χ3v) is 7.93. The Bertz CT molecular complexity index is 1410. The number of fused-ring (bicyclic) bond motifs is 1. The summed E-state index contributed by atoms with van der Waals surface area (Å²) in [7, 11) is 0. The Morgan fingerprint density at radius 2 is 1.89 bits per heavy atom. The van der Waals surface area contributed by atoms with Gasteiger partial charge in [-0.1, -0.05) is 49.1 Å². The number of nitrogens with zero attached hydrogens (tertiary/aromatic N) is 4. The van der Waals surface area contributed by atoms with Crippen LogP contribution in [0.1, 0.15) is 36.5 Å². The number of piperidine rings is 1. The summed E-state index contributed by atoms with van der Waals surface area (Å²) in [5, 5.41) is 0. The number of amides is 1. The van der Waals surface area contributed by atoms with Crippen molar-refractivity contribution in [3.05, 3.63) is 80.4 Å². The molecule has 2 aromatic heterocycles. The first-order chi connectivity index (χ1) is 16.8. The van der Waals surface area contributed by atoms with E-state index in [0.717, 1.165) is 37.1 Å². The zero-order valence-corrected chi connectivity index (χ0v) is 21.2. The lowest BCUT2D eigenvalue weighted by molar-refractivity contribution is -0.122. The van der Waals surface area contributed by atoms with Crippen molar-refractivity contribution in [1.29, 1.82) is 0 Å². The second kappa shape index (κ2) is 9.54. The Kier molecular flexibility index (Phi) is 6.46. The zero-order valence-electron chi connectivity index (χ0n) is 19.5. The van der Waals surface area contributed by atoms with Crippen LogP contribution in [-0.4, -0.2) is 37.6 Å². The quantitative estimate of drug-likeness (QED) is 0.374. The molecule has 1 aromatic carbocycles. The maximum Gasteiger partial charge on any atom is 0.267 e. The summed E-state index contributed by atoms with van der Waals surface area (Å²) in [6.07, 6.45) is 5.39. The number of carbonyl (C=O) groups excluding carboxylic acids is 1. The van der Waals surface area contributed by atoms with Crippen LogP contribution in [0.4, 0.5) is 10.2 Å². The maximum atomic E-state index is 13.6. The Labute approximate surface area is 212 Å². The fourth-order valence-corrected chi connectivity index (χ4v) is 5.66. The number of hydrogen-bond acceptors (Lipinski definition) is 6. The molecule has 0 radical (unpaired) electrons. The Morgan fingerprint density at radius 3 is 2.60 bits per heavy atom. The molecule has 9 heteroatoms. The number of rotatable bonds is 4. The van der Waals surface area contributed by atoms with Gasteiger partial charge in [-0.3, -0.25) is 18.9 Å². The summed E-state index contributed by atoms with van der Waals surface area (Å²) in [5.74, 6) is 0.634. The summed E-state index contributed by atoms with van der Waals surface area (Å²) >= 11 is 6.65. The molecule has 0 spiro atoms. The lowest BCUT2D eigenvalue weighted by atomic mass is 9.99. The number of aryl methyl sites for hydroxylation is 1. The molecule has 2 aliphatic heterocycles. The molecular formula is C26H25FN4O2S2. The minimum atomic E-state index is -0.335. The SMILES string of the molecule is Cc1cccn2c(=O)c(C=C3SC(=S)N(Cc4ccc(F)cc4)C3=O)c(N3CCC(C)CC3)nc12. The summed E-state index contributed by atoms with van der Waals surface area (Å²) < 4.78 is 15.2. The number of thioether (sulfide) groups is 1. The minimum absolute atomic E-state index is 0.212. The van der Waals surface area contributed by atoms with Gasteiger partial charge in [0.1, 0.15) is 21.6 Å². The van der Waals surface area contributed by atoms with Crippen molar-refractivity contribution in [2.45, 2.75) is 33.2 Å². The molecule has 2 fully saturated rings. The lowest BCUT2D eigenvalue weighted by Crippen LogP contribution is -2.36. The average molecular weight is 509 g/mol. The summed E-state index contributed by atoms with van der Waals surface area (Å²) in [5.41, 5.74) is 2.48. The van der Waals surface area contributed by atoms with E-state index < -0.39 is 0 Å². The smallest absolute Gasteiger partial charge is 0.267 e. The molecule has 6 nitrogen and oxygen atoms in total. The van der Waals surface area contributed by atoms with E-state index in [1.807, 2.05) is 19.1 Å². The van der Waals surface area contributed by atoms with Gasteiger partial charge in [-0.2, -0.15) is 0 Å². The van der Waals surface area contributed by atoms with E-state index in [9.17, 15) is 14.0 Å². The van der Waals surface area contributed by atoms with E-state index in [1.165, 1.54) is 33.2 Å². The molecule has 0 N–H and O–H groups in total. The predicted molar refractivity (Wildman–Crippen MR) is 142 cm³/mol. The van der Waals surface area contributed by atoms with Gasteiger partial charge in [0.2, 0.25) is 0 Å². The van der Waals surface area contributed by atoms with Gasteiger partial charge in [-0.05, 0) is 61.1 Å². The first kappa shape index (κ1) is 23.7. The summed E-state index contributed by atoms with van der Waals surface area (Å²) in [6, 6.07) is 9.74. The number of carbonyl (C=O) groups is 1. The van der Waals surface area contributed by atoms with Crippen LogP contribution in [0.25, 0.3) is 11.7 Å². The van der Waals surface area contributed by atoms with Gasteiger partial charge in [-0.25, -0.2) is 9.37 Å². The molecule has 5 rings (SSSR count). The Hall–Kier alpha value is -3.04. The summed E-state index contributed by atoms with van der Waals surface area (Å²) in [4.78, 5) is 35.8. The van der Waals surface area contributed by atoms with Gasteiger partial charge < -0.3 is 4.90 Å². The van der Waals surface area contributed by atoms with Crippen molar-refractivity contribution >= 4 is 51.7 Å². The van der Waals surface area contributed by atoms with Gasteiger partial charge in [0.25, 0.3) is 11.5 Å². The van der Waals surface area contributed by atoms with Crippen LogP contribution in [0.15, 0.2) is 52.3 Å². The number of aromatic nitrogens is 2. The molecule has 0 atom stereocenters. The first-order valence-electron chi connectivity index (χ1n) is 11.6. The highest BCUT2D eigenvalue weighted by Crippen LogP contribution is 2.35. The van der Waals surface area contributed by atoms with Crippen LogP contribution in [0.5, 0.6) is 0 Å². The molecule has 3 aromatic rings. The second-order valence-corrected chi connectivity index (χ2v) is 10.8. The monoisotopic (exact) mass is 508 g/mol. The van der Waals surface area contributed by atoms with Gasteiger partial charge >= 0.3 is 0 Å². The number of pyridine rings is 1. The lowest BCUT2D eigenvalue weighted by Gasteiger charge is -2.32. The van der Waals surface area contributed by atoms with Crippen molar-refractivity contribution in [1.82, 2.24) is 14.3 Å². The molecule has 180 valence electrons. The standard InChI is InChI=1S/C26H25FN4O2S2/c1-16-9-12-29(13-10-16)23-20(24(32)30-11-3-4-17(2)22(30)28-23)14-21-25(33)31(26(34)35-21)15-18-5-7-19(27)8-6-18/h3-8,11,14,16H,9-10,12-13,15H2,1-2H3. The molecule has 0 bridgehead atoms. The van der Waals surface area contributed by atoms with E-state index in [4.69, 9.17) is 17.2 Å². The predicted octanol–water partition coefficient (Wildman–Crippen LogP) is 4.78. The topological polar surface area (TPSA) is 57.9 Å². The molecule has 2 aliphatic rings. The van der Waals surface area contributed by atoms with Crippen LogP contribution in [-0.2, 0) is 11.3 Å². The molecule has 2 saturated heterocycles. The number of halogens is 1. The fourth-order valence-electron chi connectivity index (χ4n) is 4.43. The number of benzene rings is 1. The third kappa shape index (κ3) is 4.62. The highest BCUT2D eigenvalue weighted by atomic mass is 32.2. The Balaban J connectivity index is 1.56. The molecule has 4 heterocycles. The van der Waals surface area contributed by atoms with Crippen LogP contribution in [0, 0.1) is 18.7 Å². The van der Waals surface area contributed by atoms with Crippen molar-refractivity contribution in [2.24, 2.45) is 5.92 Å². The van der Waals surface area contributed by atoms with E-state index in [2.05, 4.69) is 11.8 Å². The molecule has 35 heavy (non-hydrogen) atoms. The maximum absolute atomic E-state index is 13.6. The molecule has 0 unspecified atom stereocenters. The van der Waals surface area contributed by atoms with Crippen molar-refractivity contribution in [3.8, 4) is 0 Å². The van der Waals surface area contributed by atoms with Gasteiger partial charge in [-0.15, -0.1) is 0 Å². The first-order valence-corrected chi connectivity index (χ1v) is 12.8. The number of thiocarbonyl (C=S) groups is 1. The van der Waals surface area contributed by atoms with Gasteiger partial charge in [0, 0.05) is 19.3 Å². The van der Waals surface area contributed by atoms with E-state index in [0.29, 0.717) is 32.2 Å². The highest BCUT2D eigenvalue weighted by molar-refractivity contribution is 8.26. The fraction of sp³-hybridized carbons (Fsp3) is 0.308. The summed E-state index contributed by atoms with van der Waals surface area (Å²) in [6.45, 7) is 6.03. The normalized spacial score (nSPS) is 18.3. The average Bonchev–Trinajstić information content (AvgIpc) is 3.10. The Morgan fingerprint density at radius 1 is 1.17 bits per heavy atom. The second-order valence-electron chi connectivity index (χ2n) is 9.10. The zero-order chi connectivity index (χ0) is 24.7. The molecular weight excluding hydrogens is 483 g/mol. The van der Waals surface area contributed by atoms with Crippen LogP contribution in [0.2, 0.25) is 0 Å². The van der Waals surface area contributed by atoms with Crippen LogP contribution >= 0.6 is 24.0 Å². The number of anilines is 1. The van der Waals surface area contributed by atoms with E-state index in [1.54, 1.807) is 24.4 Å².